The van der Waals surface area contributed by atoms with Crippen LogP contribution in [0.4, 0.5) is 5.69 Å². The summed E-state index contributed by atoms with van der Waals surface area (Å²) < 4.78 is 0. The van der Waals surface area contributed by atoms with Gasteiger partial charge in [0.15, 0.2) is 0 Å². The molecule has 1 saturated heterocycles. The van der Waals surface area contributed by atoms with E-state index >= 15 is 0 Å². The number of anilines is 1. The second-order valence-corrected chi connectivity index (χ2v) is 5.65. The molecule has 0 aromatic heterocycles. The van der Waals surface area contributed by atoms with Gasteiger partial charge in [-0.2, -0.15) is 0 Å². The predicted octanol–water partition coefficient (Wildman–Crippen LogP) is 2.09. The molecule has 0 spiro atoms. The molecule has 104 valence electrons. The molecular formula is C12H14Cl2N2O2S. The third-order valence-corrected chi connectivity index (χ3v) is 4.09. The van der Waals surface area contributed by atoms with Crippen LogP contribution < -0.4 is 10.6 Å². The van der Waals surface area contributed by atoms with E-state index in [1.807, 2.05) is 0 Å². The first kappa shape index (κ1) is 16.3. The number of amides is 2. The standard InChI is InChI=1S/C12H13ClN2O2S.ClH/c13-8-2-1-3-9(6-8)15-11(16)7-10(12(15)17)18-5-4-14;/h1-3,6,10H,4-5,7,14H2;1H. The van der Waals surface area contributed by atoms with Crippen LogP contribution in [0, 0.1) is 0 Å². The Morgan fingerprint density at radius 1 is 1.42 bits per heavy atom. The lowest BCUT2D eigenvalue weighted by molar-refractivity contribution is -0.121. The number of carbonyl (C=O) groups is 2. The molecule has 1 fully saturated rings. The number of carbonyl (C=O) groups excluding carboxylic acids is 2. The number of hydrogen-bond donors (Lipinski definition) is 1. The minimum Gasteiger partial charge on any atom is -0.330 e. The van der Waals surface area contributed by atoms with Crippen LogP contribution >= 0.6 is 35.8 Å². The third kappa shape index (κ3) is 3.63. The number of thioether (sulfide) groups is 1. The van der Waals surface area contributed by atoms with E-state index in [0.717, 1.165) is 0 Å². The van der Waals surface area contributed by atoms with Gasteiger partial charge in [0.05, 0.1) is 10.9 Å². The minimum atomic E-state index is -0.319. The van der Waals surface area contributed by atoms with E-state index in [1.54, 1.807) is 24.3 Å². The lowest BCUT2D eigenvalue weighted by Crippen LogP contribution is -2.31. The van der Waals surface area contributed by atoms with Gasteiger partial charge in [0.1, 0.15) is 0 Å². The first-order valence-corrected chi connectivity index (χ1v) is 7.00. The summed E-state index contributed by atoms with van der Waals surface area (Å²) in [5.74, 6) is 0.310. The summed E-state index contributed by atoms with van der Waals surface area (Å²) in [6, 6.07) is 6.75. The molecule has 7 heteroatoms. The molecule has 1 atom stereocenters. The zero-order valence-corrected chi connectivity index (χ0v) is 12.4. The molecule has 0 aliphatic carbocycles. The molecule has 4 nitrogen and oxygen atoms in total. The summed E-state index contributed by atoms with van der Waals surface area (Å²) in [4.78, 5) is 25.2. The van der Waals surface area contributed by atoms with Crippen molar-refractivity contribution in [2.24, 2.45) is 5.73 Å². The normalized spacial score (nSPS) is 18.6. The van der Waals surface area contributed by atoms with Gasteiger partial charge in [0.25, 0.3) is 0 Å². The molecule has 2 amide bonds. The predicted molar refractivity (Wildman–Crippen MR) is 81.1 cm³/mol. The average molecular weight is 321 g/mol. The Balaban J connectivity index is 0.00000180. The van der Waals surface area contributed by atoms with Gasteiger partial charge in [-0.25, -0.2) is 4.90 Å². The van der Waals surface area contributed by atoms with Gasteiger partial charge in [-0.05, 0) is 18.2 Å². The van der Waals surface area contributed by atoms with E-state index in [9.17, 15) is 9.59 Å². The van der Waals surface area contributed by atoms with Crippen LogP contribution in [0.1, 0.15) is 6.42 Å². The molecule has 1 heterocycles. The fraction of sp³-hybridized carbons (Fsp3) is 0.333. The molecule has 0 saturated carbocycles. The van der Waals surface area contributed by atoms with Crippen molar-refractivity contribution >= 4 is 53.3 Å². The molecule has 1 aliphatic rings. The smallest absolute Gasteiger partial charge is 0.247 e. The van der Waals surface area contributed by atoms with Gasteiger partial charge >= 0.3 is 0 Å². The molecule has 19 heavy (non-hydrogen) atoms. The van der Waals surface area contributed by atoms with Gasteiger partial charge in [-0.1, -0.05) is 17.7 Å². The molecule has 2 rings (SSSR count). The van der Waals surface area contributed by atoms with Gasteiger partial charge in [0.2, 0.25) is 11.8 Å². The molecule has 1 aliphatic heterocycles. The van der Waals surface area contributed by atoms with Crippen LogP contribution in [0.5, 0.6) is 0 Å². The number of rotatable bonds is 4. The van der Waals surface area contributed by atoms with Crippen molar-refractivity contribution in [3.63, 3.8) is 0 Å². The Kier molecular flexibility index (Phi) is 6.13. The zero-order chi connectivity index (χ0) is 13.1. The van der Waals surface area contributed by atoms with Crippen LogP contribution in [0.2, 0.25) is 5.02 Å². The van der Waals surface area contributed by atoms with Crippen LogP contribution in [0.15, 0.2) is 24.3 Å². The Morgan fingerprint density at radius 2 is 2.16 bits per heavy atom. The van der Waals surface area contributed by atoms with Gasteiger partial charge < -0.3 is 5.73 Å². The van der Waals surface area contributed by atoms with Crippen molar-refractivity contribution < 1.29 is 9.59 Å². The highest BCUT2D eigenvalue weighted by molar-refractivity contribution is 8.00. The first-order valence-electron chi connectivity index (χ1n) is 5.57. The van der Waals surface area contributed by atoms with E-state index in [2.05, 4.69) is 0 Å². The molecule has 0 bridgehead atoms. The summed E-state index contributed by atoms with van der Waals surface area (Å²) in [7, 11) is 0. The lowest BCUT2D eigenvalue weighted by Gasteiger charge is -2.14. The van der Waals surface area contributed by atoms with Crippen molar-refractivity contribution in [1.82, 2.24) is 0 Å². The Morgan fingerprint density at radius 3 is 2.79 bits per heavy atom. The number of benzene rings is 1. The van der Waals surface area contributed by atoms with E-state index < -0.39 is 0 Å². The van der Waals surface area contributed by atoms with Crippen molar-refractivity contribution in [2.75, 3.05) is 17.2 Å². The molecule has 1 aromatic carbocycles. The Hall–Kier alpha value is -0.750. The summed E-state index contributed by atoms with van der Waals surface area (Å²) in [5.41, 5.74) is 5.94. The van der Waals surface area contributed by atoms with Crippen molar-refractivity contribution in [1.29, 1.82) is 0 Å². The van der Waals surface area contributed by atoms with Gasteiger partial charge in [-0.3, -0.25) is 9.59 Å². The zero-order valence-electron chi connectivity index (χ0n) is 10.0. The summed E-state index contributed by atoms with van der Waals surface area (Å²) >= 11 is 7.30. The Bertz CT molecular complexity index is 485. The molecule has 0 radical (unpaired) electrons. The maximum atomic E-state index is 12.1. The third-order valence-electron chi connectivity index (χ3n) is 2.61. The van der Waals surface area contributed by atoms with Gasteiger partial charge in [-0.15, -0.1) is 24.2 Å². The molecule has 1 unspecified atom stereocenters. The average Bonchev–Trinajstić information content (AvgIpc) is 2.62. The number of nitrogens with two attached hydrogens (primary N) is 1. The Labute approximate surface area is 127 Å². The van der Waals surface area contributed by atoms with Crippen molar-refractivity contribution in [2.45, 2.75) is 11.7 Å². The maximum absolute atomic E-state index is 12.1. The van der Waals surface area contributed by atoms with E-state index in [1.165, 1.54) is 16.7 Å². The van der Waals surface area contributed by atoms with Crippen molar-refractivity contribution in [3.8, 4) is 0 Å². The molecular weight excluding hydrogens is 307 g/mol. The highest BCUT2D eigenvalue weighted by atomic mass is 35.5. The summed E-state index contributed by atoms with van der Waals surface area (Å²) in [5, 5.41) is 0.186. The maximum Gasteiger partial charge on any atom is 0.247 e. The number of nitrogens with zero attached hydrogens (tertiary/aromatic N) is 1. The van der Waals surface area contributed by atoms with Crippen LogP contribution in [-0.2, 0) is 9.59 Å². The molecule has 1 aromatic rings. The quantitative estimate of drug-likeness (QED) is 0.863. The first-order chi connectivity index (χ1) is 8.63. The lowest BCUT2D eigenvalue weighted by atomic mass is 10.3. The topological polar surface area (TPSA) is 63.4 Å². The number of halogens is 2. The highest BCUT2D eigenvalue weighted by Gasteiger charge is 2.39. The second-order valence-electron chi connectivity index (χ2n) is 3.90. The van der Waals surface area contributed by atoms with Crippen LogP contribution in [0.3, 0.4) is 0 Å². The number of imide groups is 1. The largest absolute Gasteiger partial charge is 0.330 e. The monoisotopic (exact) mass is 320 g/mol. The summed E-state index contributed by atoms with van der Waals surface area (Å²) in [6.45, 7) is 0.500. The van der Waals surface area contributed by atoms with E-state index in [0.29, 0.717) is 23.0 Å². The summed E-state index contributed by atoms with van der Waals surface area (Å²) in [6.07, 6.45) is 0.232. The SMILES string of the molecule is Cl.NCCSC1CC(=O)N(c2cccc(Cl)c2)C1=O. The second kappa shape index (κ2) is 7.14. The van der Waals surface area contributed by atoms with Crippen molar-refractivity contribution in [3.05, 3.63) is 29.3 Å². The fourth-order valence-electron chi connectivity index (χ4n) is 1.83. The van der Waals surface area contributed by atoms with Crippen LogP contribution in [0.25, 0.3) is 0 Å². The fourth-order valence-corrected chi connectivity index (χ4v) is 2.94. The molecule has 2 N–H and O–H groups in total. The highest BCUT2D eigenvalue weighted by Crippen LogP contribution is 2.30. The van der Waals surface area contributed by atoms with E-state index in [-0.39, 0.29) is 35.9 Å². The van der Waals surface area contributed by atoms with Crippen LogP contribution in [-0.4, -0.2) is 29.4 Å². The van der Waals surface area contributed by atoms with E-state index in [4.69, 9.17) is 17.3 Å². The van der Waals surface area contributed by atoms with Gasteiger partial charge in [0, 0.05) is 23.7 Å². The number of hydrogen-bond acceptors (Lipinski definition) is 4. The minimum absolute atomic E-state index is 0.